The molecule has 1 atom stereocenters. The van der Waals surface area contributed by atoms with Gasteiger partial charge in [0.05, 0.1) is 11.6 Å². The topological polar surface area (TPSA) is 62.1 Å². The van der Waals surface area contributed by atoms with Crippen LogP contribution in [0.5, 0.6) is 0 Å². The molecule has 0 fully saturated rings. The fourth-order valence-corrected chi connectivity index (χ4v) is 2.91. The van der Waals surface area contributed by atoms with E-state index in [9.17, 15) is 9.18 Å². The fourth-order valence-electron chi connectivity index (χ4n) is 2.91. The highest BCUT2D eigenvalue weighted by Gasteiger charge is 2.23. The summed E-state index contributed by atoms with van der Waals surface area (Å²) in [4.78, 5) is 12.6. The van der Waals surface area contributed by atoms with Gasteiger partial charge in [0, 0.05) is 19.2 Å². The highest BCUT2D eigenvalue weighted by molar-refractivity contribution is 5.83. The first-order valence-electron chi connectivity index (χ1n) is 8.77. The van der Waals surface area contributed by atoms with Crippen LogP contribution in [0.3, 0.4) is 0 Å². The Morgan fingerprint density at radius 2 is 1.79 bits per heavy atom. The largest absolute Gasteiger partial charge is 0.367 e. The lowest BCUT2D eigenvalue weighted by Gasteiger charge is -2.17. The number of hydrogen-bond acceptors (Lipinski definition) is 3. The van der Waals surface area contributed by atoms with Crippen molar-refractivity contribution < 1.29 is 13.9 Å². The van der Waals surface area contributed by atoms with E-state index in [0.717, 1.165) is 16.7 Å². The number of benzene rings is 3. The molecule has 4 nitrogen and oxygen atoms in total. The number of carbonyl (C=O) groups excluding carboxylic acids is 1. The smallest absolute Gasteiger partial charge is 0.254 e. The molecule has 0 saturated heterocycles. The molecule has 140 valence electrons. The number of nitriles is 1. The van der Waals surface area contributed by atoms with E-state index in [2.05, 4.69) is 5.32 Å². The van der Waals surface area contributed by atoms with Crippen molar-refractivity contribution in [2.24, 2.45) is 0 Å². The summed E-state index contributed by atoms with van der Waals surface area (Å²) in [6.07, 6.45) is -1.07. The van der Waals surface area contributed by atoms with E-state index in [1.807, 2.05) is 36.4 Å². The van der Waals surface area contributed by atoms with E-state index >= 15 is 0 Å². The second-order valence-electron chi connectivity index (χ2n) is 6.24. The Kier molecular flexibility index (Phi) is 6.15. The molecule has 1 amide bonds. The third-order valence-corrected chi connectivity index (χ3v) is 4.41. The Morgan fingerprint density at radius 1 is 1.07 bits per heavy atom. The molecule has 5 heteroatoms. The molecule has 3 rings (SSSR count). The number of methoxy groups -OCH3 is 1. The van der Waals surface area contributed by atoms with E-state index in [1.165, 1.54) is 13.2 Å². The minimum absolute atomic E-state index is 0.182. The first-order valence-corrected chi connectivity index (χ1v) is 8.77. The van der Waals surface area contributed by atoms with Crippen LogP contribution in [-0.4, -0.2) is 13.0 Å². The van der Waals surface area contributed by atoms with Crippen LogP contribution in [0.15, 0.2) is 72.8 Å². The number of amides is 1. The van der Waals surface area contributed by atoms with Gasteiger partial charge in [-0.3, -0.25) is 4.79 Å². The van der Waals surface area contributed by atoms with Crippen molar-refractivity contribution in [2.75, 3.05) is 7.11 Å². The maximum atomic E-state index is 14.4. The van der Waals surface area contributed by atoms with Crippen LogP contribution in [0.25, 0.3) is 11.1 Å². The van der Waals surface area contributed by atoms with Gasteiger partial charge in [0.25, 0.3) is 5.91 Å². The van der Waals surface area contributed by atoms with E-state index in [4.69, 9.17) is 10.00 Å². The second kappa shape index (κ2) is 8.94. The molecule has 0 aromatic heterocycles. The number of carbonyl (C=O) groups is 1. The van der Waals surface area contributed by atoms with Gasteiger partial charge in [0.2, 0.25) is 0 Å². The fraction of sp³-hybridized carbons (Fsp3) is 0.130. The third kappa shape index (κ3) is 4.43. The van der Waals surface area contributed by atoms with E-state index in [0.29, 0.717) is 5.56 Å². The van der Waals surface area contributed by atoms with Crippen LogP contribution in [0, 0.1) is 17.1 Å². The maximum Gasteiger partial charge on any atom is 0.254 e. The summed E-state index contributed by atoms with van der Waals surface area (Å²) in [5.41, 5.74) is 3.29. The molecular weight excluding hydrogens is 355 g/mol. The monoisotopic (exact) mass is 374 g/mol. The van der Waals surface area contributed by atoms with Gasteiger partial charge in [-0.25, -0.2) is 4.39 Å². The molecule has 3 aromatic rings. The van der Waals surface area contributed by atoms with Crippen molar-refractivity contribution in [3.63, 3.8) is 0 Å². The number of rotatable bonds is 6. The lowest BCUT2D eigenvalue weighted by Crippen LogP contribution is -2.30. The molecule has 0 aliphatic carbocycles. The van der Waals surface area contributed by atoms with Crippen molar-refractivity contribution >= 4 is 5.91 Å². The van der Waals surface area contributed by atoms with Gasteiger partial charge in [0.1, 0.15) is 5.82 Å². The maximum absolute atomic E-state index is 14.4. The molecule has 28 heavy (non-hydrogen) atoms. The lowest BCUT2D eigenvalue weighted by atomic mass is 9.99. The minimum Gasteiger partial charge on any atom is -0.367 e. The predicted octanol–water partition coefficient (Wildman–Crippen LogP) is 4.37. The molecule has 0 radical (unpaired) electrons. The Labute approximate surface area is 163 Å². The Bertz CT molecular complexity index is 995. The zero-order valence-corrected chi connectivity index (χ0v) is 15.4. The Balaban J connectivity index is 1.78. The number of ether oxygens (including phenoxy) is 1. The van der Waals surface area contributed by atoms with Gasteiger partial charge in [-0.2, -0.15) is 5.26 Å². The molecule has 0 saturated carbocycles. The summed E-state index contributed by atoms with van der Waals surface area (Å²) in [5, 5.41) is 11.6. The third-order valence-electron chi connectivity index (χ3n) is 4.41. The first kappa shape index (κ1) is 19.3. The van der Waals surface area contributed by atoms with Crippen molar-refractivity contribution in [1.82, 2.24) is 5.32 Å². The Morgan fingerprint density at radius 3 is 2.43 bits per heavy atom. The molecule has 0 heterocycles. The normalized spacial score (nSPS) is 11.5. The van der Waals surface area contributed by atoms with Crippen LogP contribution in [0.2, 0.25) is 0 Å². The van der Waals surface area contributed by atoms with Gasteiger partial charge >= 0.3 is 0 Å². The summed E-state index contributed by atoms with van der Waals surface area (Å²) in [6.45, 7) is 0.254. The summed E-state index contributed by atoms with van der Waals surface area (Å²) in [7, 11) is 1.38. The van der Waals surface area contributed by atoms with Crippen molar-refractivity contribution in [3.05, 3.63) is 95.3 Å². The van der Waals surface area contributed by atoms with Crippen molar-refractivity contribution in [3.8, 4) is 17.2 Å². The van der Waals surface area contributed by atoms with Gasteiger partial charge in [0.15, 0.2) is 6.10 Å². The van der Waals surface area contributed by atoms with E-state index in [1.54, 1.807) is 36.4 Å². The van der Waals surface area contributed by atoms with Gasteiger partial charge in [-0.05, 0) is 41.0 Å². The second-order valence-corrected chi connectivity index (χ2v) is 6.24. The highest BCUT2D eigenvalue weighted by atomic mass is 19.1. The van der Waals surface area contributed by atoms with Crippen molar-refractivity contribution in [2.45, 2.75) is 12.6 Å². The average Bonchev–Trinajstić information content (AvgIpc) is 2.75. The molecule has 0 bridgehead atoms. The van der Waals surface area contributed by atoms with Gasteiger partial charge in [-0.15, -0.1) is 0 Å². The van der Waals surface area contributed by atoms with Crippen LogP contribution in [0.1, 0.15) is 22.8 Å². The van der Waals surface area contributed by atoms with E-state index in [-0.39, 0.29) is 12.1 Å². The zero-order valence-electron chi connectivity index (χ0n) is 15.4. The number of hydrogen-bond donors (Lipinski definition) is 1. The summed E-state index contributed by atoms with van der Waals surface area (Å²) in [5.74, 6) is -0.934. The quantitative estimate of drug-likeness (QED) is 0.697. The SMILES string of the molecule is COC(C(=O)NCc1ccc(C#N)cc1)c1cc(-c2ccccc2)ccc1F. The van der Waals surface area contributed by atoms with Crippen LogP contribution < -0.4 is 5.32 Å². The average molecular weight is 374 g/mol. The summed E-state index contributed by atoms with van der Waals surface area (Å²) in [6, 6.07) is 23.1. The van der Waals surface area contributed by atoms with Gasteiger partial charge < -0.3 is 10.1 Å². The summed E-state index contributed by atoms with van der Waals surface area (Å²) < 4.78 is 19.7. The first-order chi connectivity index (χ1) is 13.6. The van der Waals surface area contributed by atoms with Crippen LogP contribution in [0.4, 0.5) is 4.39 Å². The Hall–Kier alpha value is -3.49. The van der Waals surface area contributed by atoms with E-state index < -0.39 is 17.8 Å². The van der Waals surface area contributed by atoms with Crippen molar-refractivity contribution in [1.29, 1.82) is 5.26 Å². The molecule has 1 unspecified atom stereocenters. The minimum atomic E-state index is -1.07. The molecule has 0 spiro atoms. The summed E-state index contributed by atoms with van der Waals surface area (Å²) >= 11 is 0. The highest BCUT2D eigenvalue weighted by Crippen LogP contribution is 2.27. The predicted molar refractivity (Wildman–Crippen MR) is 105 cm³/mol. The zero-order chi connectivity index (χ0) is 19.9. The molecule has 3 aromatic carbocycles. The number of nitrogens with zero attached hydrogens (tertiary/aromatic N) is 1. The number of nitrogens with one attached hydrogen (secondary N) is 1. The molecule has 0 aliphatic rings. The van der Waals surface area contributed by atoms with Crippen LogP contribution >= 0.6 is 0 Å². The lowest BCUT2D eigenvalue weighted by molar-refractivity contribution is -0.131. The molecule has 1 N–H and O–H groups in total. The molecule has 0 aliphatic heterocycles. The van der Waals surface area contributed by atoms with Crippen LogP contribution in [-0.2, 0) is 16.1 Å². The molecular formula is C23H19FN2O2. The van der Waals surface area contributed by atoms with Gasteiger partial charge in [-0.1, -0.05) is 48.5 Å². The standard InChI is InChI=1S/C23H19FN2O2/c1-28-22(23(27)26-15-17-9-7-16(14-25)8-10-17)20-13-19(11-12-21(20)24)18-5-3-2-4-6-18/h2-13,22H,15H2,1H3,(H,26,27). The number of halogens is 1.